The molecule has 55 heavy (non-hydrogen) atoms. The fourth-order valence-corrected chi connectivity index (χ4v) is 7.97. The number of anilines is 3. The zero-order valence-corrected chi connectivity index (χ0v) is 29.7. The highest BCUT2D eigenvalue weighted by Crippen LogP contribution is 2.43. The molecular weight excluding hydrogens is 673 g/mol. The number of benzene rings is 9. The molecule has 258 valence electrons. The lowest BCUT2D eigenvalue weighted by molar-refractivity contribution is 0.620. The van der Waals surface area contributed by atoms with Crippen molar-refractivity contribution in [1.82, 2.24) is 4.98 Å². The van der Waals surface area contributed by atoms with Crippen LogP contribution in [0, 0.1) is 0 Å². The Morgan fingerprint density at radius 1 is 0.364 bits per heavy atom. The van der Waals surface area contributed by atoms with Crippen LogP contribution < -0.4 is 4.90 Å². The molecule has 0 aliphatic rings. The Morgan fingerprint density at radius 3 is 1.85 bits per heavy atom. The van der Waals surface area contributed by atoms with Crippen molar-refractivity contribution in [2.45, 2.75) is 0 Å². The highest BCUT2D eigenvalue weighted by molar-refractivity contribution is 6.11. The highest BCUT2D eigenvalue weighted by atomic mass is 16.4. The second-order valence-corrected chi connectivity index (χ2v) is 14.0. The SMILES string of the molecule is c1ccc(-c2nc3cc4oc5ccc(-c6ccc(N(c7ccc8ccc9ccccc9c8c7)c7ccccc7-c7ccccc7)cc6)cc5c4cc3o2)cc1. The van der Waals surface area contributed by atoms with Gasteiger partial charge < -0.3 is 13.7 Å². The molecule has 0 radical (unpaired) electrons. The van der Waals surface area contributed by atoms with Crippen LogP contribution in [0.1, 0.15) is 0 Å². The molecule has 0 saturated carbocycles. The van der Waals surface area contributed by atoms with Gasteiger partial charge in [0.05, 0.1) is 5.69 Å². The third kappa shape index (κ3) is 5.34. The van der Waals surface area contributed by atoms with E-state index < -0.39 is 0 Å². The standard InChI is InChI=1S/C51H32N2O2/c1-3-11-34(12-4-1)42-17-9-10-18-47(42)53(40-27-23-36-20-19-35-13-7-8-16-41(35)43(36)30-40)39-25-21-33(22-26-39)38-24-28-48-44(29-38)45-31-50-46(32-49(45)54-48)52-51(55-50)37-14-5-2-6-15-37/h1-32H. The molecule has 0 spiro atoms. The van der Waals surface area contributed by atoms with Crippen molar-refractivity contribution >= 4 is 71.6 Å². The van der Waals surface area contributed by atoms with Crippen LogP contribution >= 0.6 is 0 Å². The summed E-state index contributed by atoms with van der Waals surface area (Å²) in [6, 6.07) is 68.5. The van der Waals surface area contributed by atoms with Crippen molar-refractivity contribution in [1.29, 1.82) is 0 Å². The summed E-state index contributed by atoms with van der Waals surface area (Å²) in [5.41, 5.74) is 11.9. The van der Waals surface area contributed by atoms with Crippen molar-refractivity contribution in [2.75, 3.05) is 4.90 Å². The topological polar surface area (TPSA) is 42.4 Å². The van der Waals surface area contributed by atoms with E-state index in [0.717, 1.165) is 66.8 Å². The lowest BCUT2D eigenvalue weighted by Gasteiger charge is -2.28. The summed E-state index contributed by atoms with van der Waals surface area (Å²) in [4.78, 5) is 7.14. The van der Waals surface area contributed by atoms with Crippen LogP contribution in [0.15, 0.2) is 203 Å². The van der Waals surface area contributed by atoms with E-state index in [1.165, 1.54) is 32.7 Å². The lowest BCUT2D eigenvalue weighted by Crippen LogP contribution is -2.11. The summed E-state index contributed by atoms with van der Waals surface area (Å²) in [6.45, 7) is 0. The minimum absolute atomic E-state index is 0.603. The summed E-state index contributed by atoms with van der Waals surface area (Å²) in [7, 11) is 0. The van der Waals surface area contributed by atoms with Gasteiger partial charge in [0.15, 0.2) is 5.58 Å². The van der Waals surface area contributed by atoms with Gasteiger partial charge >= 0.3 is 0 Å². The van der Waals surface area contributed by atoms with Gasteiger partial charge in [-0.25, -0.2) is 4.98 Å². The second kappa shape index (κ2) is 12.6. The Kier molecular flexibility index (Phi) is 7.14. The van der Waals surface area contributed by atoms with Crippen LogP contribution in [0.3, 0.4) is 0 Å². The number of hydrogen-bond donors (Lipinski definition) is 0. The van der Waals surface area contributed by atoms with Crippen LogP contribution in [-0.2, 0) is 0 Å². The van der Waals surface area contributed by atoms with Crippen LogP contribution in [0.4, 0.5) is 17.1 Å². The normalized spacial score (nSPS) is 11.6. The Morgan fingerprint density at radius 2 is 1.02 bits per heavy atom. The molecule has 2 aromatic heterocycles. The van der Waals surface area contributed by atoms with E-state index in [-0.39, 0.29) is 0 Å². The van der Waals surface area contributed by atoms with E-state index in [1.54, 1.807) is 0 Å². The highest BCUT2D eigenvalue weighted by Gasteiger charge is 2.19. The van der Waals surface area contributed by atoms with Crippen LogP contribution in [0.5, 0.6) is 0 Å². The number of rotatable bonds is 6. The van der Waals surface area contributed by atoms with Crippen molar-refractivity contribution < 1.29 is 8.83 Å². The first-order chi connectivity index (χ1) is 27.2. The zero-order chi connectivity index (χ0) is 36.3. The molecule has 0 amide bonds. The van der Waals surface area contributed by atoms with Crippen molar-refractivity contribution in [3.8, 4) is 33.7 Å². The molecule has 2 heterocycles. The van der Waals surface area contributed by atoms with Gasteiger partial charge in [0, 0.05) is 39.3 Å². The number of oxazole rings is 1. The first-order valence-corrected chi connectivity index (χ1v) is 18.5. The minimum Gasteiger partial charge on any atom is -0.456 e. The maximum atomic E-state index is 6.33. The molecule has 11 rings (SSSR count). The third-order valence-corrected chi connectivity index (χ3v) is 10.7. The molecule has 9 aromatic carbocycles. The molecule has 0 bridgehead atoms. The largest absolute Gasteiger partial charge is 0.456 e. The van der Waals surface area contributed by atoms with Gasteiger partial charge in [0.2, 0.25) is 5.89 Å². The average molecular weight is 705 g/mol. The van der Waals surface area contributed by atoms with E-state index in [4.69, 9.17) is 13.8 Å². The molecule has 0 unspecified atom stereocenters. The molecule has 11 aromatic rings. The fraction of sp³-hybridized carbons (Fsp3) is 0. The third-order valence-electron chi connectivity index (χ3n) is 10.7. The molecular formula is C51H32N2O2. The van der Waals surface area contributed by atoms with Crippen molar-refractivity contribution in [2.24, 2.45) is 0 Å². The summed E-state index contributed by atoms with van der Waals surface area (Å²) < 4.78 is 12.6. The van der Waals surface area contributed by atoms with Crippen LogP contribution in [0.2, 0.25) is 0 Å². The zero-order valence-electron chi connectivity index (χ0n) is 29.7. The summed E-state index contributed by atoms with van der Waals surface area (Å²) >= 11 is 0. The van der Waals surface area contributed by atoms with Crippen molar-refractivity contribution in [3.63, 3.8) is 0 Å². The number of fused-ring (bicyclic) bond motifs is 7. The minimum atomic E-state index is 0.603. The van der Waals surface area contributed by atoms with Gasteiger partial charge in [0.1, 0.15) is 16.7 Å². The molecule has 4 nitrogen and oxygen atoms in total. The van der Waals surface area contributed by atoms with Gasteiger partial charge in [-0.05, 0) is 98.9 Å². The van der Waals surface area contributed by atoms with E-state index in [2.05, 4.69) is 163 Å². The molecule has 4 heteroatoms. The Hall–Kier alpha value is -7.43. The Labute approximate surface area is 317 Å². The average Bonchev–Trinajstić information content (AvgIpc) is 3.84. The van der Waals surface area contributed by atoms with Gasteiger partial charge in [-0.2, -0.15) is 0 Å². The summed E-state index contributed by atoms with van der Waals surface area (Å²) in [6.07, 6.45) is 0. The Balaban J connectivity index is 1.02. The molecule has 0 aliphatic heterocycles. The first-order valence-electron chi connectivity index (χ1n) is 18.5. The van der Waals surface area contributed by atoms with Gasteiger partial charge in [-0.15, -0.1) is 0 Å². The van der Waals surface area contributed by atoms with Gasteiger partial charge in [-0.3, -0.25) is 0 Å². The maximum Gasteiger partial charge on any atom is 0.227 e. The molecule has 0 fully saturated rings. The smallest absolute Gasteiger partial charge is 0.227 e. The van der Waals surface area contributed by atoms with E-state index >= 15 is 0 Å². The number of hydrogen-bond acceptors (Lipinski definition) is 4. The molecule has 0 saturated heterocycles. The molecule has 0 aliphatic carbocycles. The van der Waals surface area contributed by atoms with Crippen LogP contribution in [0.25, 0.3) is 88.3 Å². The van der Waals surface area contributed by atoms with E-state index in [9.17, 15) is 0 Å². The number of para-hydroxylation sites is 1. The second-order valence-electron chi connectivity index (χ2n) is 14.0. The number of nitrogens with zero attached hydrogens (tertiary/aromatic N) is 2. The first kappa shape index (κ1) is 31.1. The monoisotopic (exact) mass is 704 g/mol. The van der Waals surface area contributed by atoms with Crippen LogP contribution in [-0.4, -0.2) is 4.98 Å². The van der Waals surface area contributed by atoms with Gasteiger partial charge in [0.25, 0.3) is 0 Å². The predicted molar refractivity (Wildman–Crippen MR) is 227 cm³/mol. The summed E-state index contributed by atoms with van der Waals surface area (Å²) in [5, 5.41) is 6.97. The maximum absolute atomic E-state index is 6.33. The molecule has 0 atom stereocenters. The quantitative estimate of drug-likeness (QED) is 0.162. The number of furan rings is 1. The van der Waals surface area contributed by atoms with E-state index in [0.29, 0.717) is 5.89 Å². The predicted octanol–water partition coefficient (Wildman–Crippen LogP) is 14.5. The Bertz CT molecular complexity index is 3200. The van der Waals surface area contributed by atoms with Crippen molar-refractivity contribution in [3.05, 3.63) is 194 Å². The lowest BCUT2D eigenvalue weighted by atomic mass is 9.99. The summed E-state index contributed by atoms with van der Waals surface area (Å²) in [5.74, 6) is 0.603. The van der Waals surface area contributed by atoms with E-state index in [1.807, 2.05) is 36.4 Å². The fourth-order valence-electron chi connectivity index (χ4n) is 7.97. The molecule has 0 N–H and O–H groups in total. The van der Waals surface area contributed by atoms with Gasteiger partial charge in [-0.1, -0.05) is 127 Å². The number of aromatic nitrogens is 1.